The van der Waals surface area contributed by atoms with E-state index in [4.69, 9.17) is 15.3 Å². The Morgan fingerprint density at radius 3 is 2.93 bits per heavy atom. The first-order valence-corrected chi connectivity index (χ1v) is 3.98. The van der Waals surface area contributed by atoms with Gasteiger partial charge in [0, 0.05) is 0 Å². The van der Waals surface area contributed by atoms with E-state index in [0.717, 1.165) is 0 Å². The Morgan fingerprint density at radius 2 is 2.29 bits per heavy atom. The fraction of sp³-hybridized carbons (Fsp3) is 0.111. The molecule has 1 aromatic heterocycles. The van der Waals surface area contributed by atoms with Crippen LogP contribution in [-0.4, -0.2) is 16.1 Å². The summed E-state index contributed by atoms with van der Waals surface area (Å²) in [6, 6.07) is 3.11. The lowest BCUT2D eigenvalue weighted by molar-refractivity contribution is 0.0696. The molecule has 2 rings (SSSR count). The van der Waals surface area contributed by atoms with Crippen LogP contribution in [-0.2, 0) is 0 Å². The third kappa shape index (κ3) is 1.19. The van der Waals surface area contributed by atoms with E-state index in [1.807, 2.05) is 0 Å². The van der Waals surface area contributed by atoms with Gasteiger partial charge in [0.1, 0.15) is 5.52 Å². The maximum atomic E-state index is 10.8. The summed E-state index contributed by atoms with van der Waals surface area (Å²) in [6.45, 7) is 1.70. The van der Waals surface area contributed by atoms with Crippen LogP contribution in [0.25, 0.3) is 11.1 Å². The van der Waals surface area contributed by atoms with Crippen LogP contribution >= 0.6 is 0 Å². The molecule has 0 saturated carbocycles. The minimum absolute atomic E-state index is 0.0435. The fourth-order valence-corrected chi connectivity index (χ4v) is 1.32. The zero-order valence-corrected chi connectivity index (χ0v) is 7.44. The minimum atomic E-state index is -0.981. The van der Waals surface area contributed by atoms with Crippen LogP contribution in [0.1, 0.15) is 15.9 Å². The van der Waals surface area contributed by atoms with E-state index in [1.54, 1.807) is 13.0 Å². The second-order valence-corrected chi connectivity index (χ2v) is 2.99. The lowest BCUT2D eigenvalue weighted by Gasteiger charge is -1.98. The molecule has 0 bridgehead atoms. The van der Waals surface area contributed by atoms with Crippen molar-refractivity contribution in [3.05, 3.63) is 23.3 Å². The van der Waals surface area contributed by atoms with Crippen LogP contribution in [0.15, 0.2) is 16.5 Å². The molecule has 2 aromatic rings. The molecule has 0 aliphatic rings. The van der Waals surface area contributed by atoms with Gasteiger partial charge in [-0.15, -0.1) is 0 Å². The van der Waals surface area contributed by atoms with Gasteiger partial charge in [-0.1, -0.05) is 0 Å². The van der Waals surface area contributed by atoms with Crippen molar-refractivity contribution in [1.29, 1.82) is 0 Å². The van der Waals surface area contributed by atoms with Gasteiger partial charge in [-0.3, -0.25) is 0 Å². The lowest BCUT2D eigenvalue weighted by atomic mass is 10.1. The van der Waals surface area contributed by atoms with E-state index in [9.17, 15) is 4.79 Å². The second-order valence-electron chi connectivity index (χ2n) is 2.99. The van der Waals surface area contributed by atoms with E-state index in [1.165, 1.54) is 6.07 Å². The summed E-state index contributed by atoms with van der Waals surface area (Å²) in [4.78, 5) is 14.6. The number of rotatable bonds is 1. The SMILES string of the molecule is Cc1cc2oc(N)nc2cc1C(=O)O. The number of carbonyl (C=O) groups is 1. The van der Waals surface area contributed by atoms with Gasteiger partial charge in [0.2, 0.25) is 0 Å². The zero-order chi connectivity index (χ0) is 10.3. The van der Waals surface area contributed by atoms with Crippen LogP contribution in [0.3, 0.4) is 0 Å². The maximum Gasteiger partial charge on any atom is 0.336 e. The molecule has 0 spiro atoms. The van der Waals surface area contributed by atoms with Gasteiger partial charge in [0.25, 0.3) is 6.01 Å². The van der Waals surface area contributed by atoms with Crippen molar-refractivity contribution in [2.75, 3.05) is 5.73 Å². The average molecular weight is 192 g/mol. The molecule has 14 heavy (non-hydrogen) atoms. The Balaban J connectivity index is 2.76. The molecule has 0 saturated heterocycles. The molecule has 0 fully saturated rings. The van der Waals surface area contributed by atoms with Crippen molar-refractivity contribution in [3.63, 3.8) is 0 Å². The number of hydrogen-bond acceptors (Lipinski definition) is 4. The molecule has 5 heteroatoms. The number of aryl methyl sites for hydroxylation is 1. The highest BCUT2D eigenvalue weighted by Crippen LogP contribution is 2.21. The molecule has 3 N–H and O–H groups in total. The second kappa shape index (κ2) is 2.73. The molecule has 0 atom stereocenters. The first-order chi connectivity index (χ1) is 6.58. The summed E-state index contributed by atoms with van der Waals surface area (Å²) < 4.78 is 5.06. The Hall–Kier alpha value is -2.04. The number of nitrogen functional groups attached to an aromatic ring is 1. The smallest absolute Gasteiger partial charge is 0.336 e. The minimum Gasteiger partial charge on any atom is -0.478 e. The number of nitrogens with two attached hydrogens (primary N) is 1. The van der Waals surface area contributed by atoms with Crippen molar-refractivity contribution in [1.82, 2.24) is 4.98 Å². The largest absolute Gasteiger partial charge is 0.478 e. The number of carboxylic acids is 1. The molecular weight excluding hydrogens is 184 g/mol. The Bertz CT molecular complexity index is 516. The molecule has 1 heterocycles. The number of benzene rings is 1. The van der Waals surface area contributed by atoms with Crippen LogP contribution in [0.5, 0.6) is 0 Å². The predicted molar refractivity (Wildman–Crippen MR) is 50.1 cm³/mol. The predicted octanol–water partition coefficient (Wildman–Crippen LogP) is 1.42. The van der Waals surface area contributed by atoms with E-state index in [2.05, 4.69) is 4.98 Å². The van der Waals surface area contributed by atoms with Crippen molar-refractivity contribution < 1.29 is 14.3 Å². The molecule has 0 radical (unpaired) electrons. The molecular formula is C9H8N2O3. The van der Waals surface area contributed by atoms with Crippen molar-refractivity contribution in [2.24, 2.45) is 0 Å². The van der Waals surface area contributed by atoms with Crippen molar-refractivity contribution in [2.45, 2.75) is 6.92 Å². The Morgan fingerprint density at radius 1 is 1.57 bits per heavy atom. The monoisotopic (exact) mass is 192 g/mol. The zero-order valence-electron chi connectivity index (χ0n) is 7.44. The lowest BCUT2D eigenvalue weighted by Crippen LogP contribution is -1.98. The molecule has 0 aliphatic heterocycles. The summed E-state index contributed by atoms with van der Waals surface area (Å²) >= 11 is 0. The standard InChI is InChI=1S/C9H8N2O3/c1-4-2-7-6(11-9(10)14-7)3-5(4)8(12)13/h2-3H,1H3,(H2,10,11)(H,12,13). The Labute approximate surface area is 79.2 Å². The normalized spacial score (nSPS) is 10.6. The summed E-state index contributed by atoms with van der Waals surface area (Å²) in [7, 11) is 0. The quantitative estimate of drug-likeness (QED) is 0.713. The molecule has 0 amide bonds. The van der Waals surface area contributed by atoms with E-state index < -0.39 is 5.97 Å². The molecule has 5 nitrogen and oxygen atoms in total. The number of hydrogen-bond donors (Lipinski definition) is 2. The molecule has 1 aromatic carbocycles. The average Bonchev–Trinajstić information content (AvgIpc) is 2.42. The molecule has 72 valence electrons. The van der Waals surface area contributed by atoms with Crippen LogP contribution in [0, 0.1) is 6.92 Å². The van der Waals surface area contributed by atoms with Crippen LogP contribution in [0.2, 0.25) is 0 Å². The van der Waals surface area contributed by atoms with Gasteiger partial charge in [0.05, 0.1) is 5.56 Å². The molecule has 0 aliphatic carbocycles. The summed E-state index contributed by atoms with van der Waals surface area (Å²) in [5.41, 5.74) is 7.15. The van der Waals surface area contributed by atoms with Crippen LogP contribution in [0.4, 0.5) is 6.01 Å². The van der Waals surface area contributed by atoms with Gasteiger partial charge < -0.3 is 15.3 Å². The Kier molecular flexibility index (Phi) is 1.67. The first kappa shape index (κ1) is 8.55. The number of anilines is 1. The van der Waals surface area contributed by atoms with Gasteiger partial charge in [-0.25, -0.2) is 4.79 Å². The maximum absolute atomic E-state index is 10.8. The number of aromatic nitrogens is 1. The highest BCUT2D eigenvalue weighted by molar-refractivity contribution is 5.93. The third-order valence-electron chi connectivity index (χ3n) is 1.98. The molecule has 0 unspecified atom stereocenters. The number of aromatic carboxylic acids is 1. The number of carboxylic acid groups (broad SMARTS) is 1. The van der Waals surface area contributed by atoms with Crippen molar-refractivity contribution >= 4 is 23.1 Å². The summed E-state index contributed by atoms with van der Waals surface area (Å²) in [6.07, 6.45) is 0. The topological polar surface area (TPSA) is 89.4 Å². The highest BCUT2D eigenvalue weighted by atomic mass is 16.4. The van der Waals surface area contributed by atoms with Gasteiger partial charge in [-0.2, -0.15) is 4.98 Å². The summed E-state index contributed by atoms with van der Waals surface area (Å²) in [5.74, 6) is -0.981. The number of nitrogens with zero attached hydrogens (tertiary/aromatic N) is 1. The number of oxazole rings is 1. The van der Waals surface area contributed by atoms with E-state index >= 15 is 0 Å². The fourth-order valence-electron chi connectivity index (χ4n) is 1.32. The van der Waals surface area contributed by atoms with Crippen molar-refractivity contribution in [3.8, 4) is 0 Å². The van der Waals surface area contributed by atoms with Crippen LogP contribution < -0.4 is 5.73 Å². The highest BCUT2D eigenvalue weighted by Gasteiger charge is 2.11. The van der Waals surface area contributed by atoms with E-state index in [-0.39, 0.29) is 11.6 Å². The van der Waals surface area contributed by atoms with Gasteiger partial charge >= 0.3 is 5.97 Å². The summed E-state index contributed by atoms with van der Waals surface area (Å²) in [5, 5.41) is 8.84. The van der Waals surface area contributed by atoms with Gasteiger partial charge in [0.15, 0.2) is 5.58 Å². The number of fused-ring (bicyclic) bond motifs is 1. The first-order valence-electron chi connectivity index (χ1n) is 3.98. The third-order valence-corrected chi connectivity index (χ3v) is 1.98. The van der Waals surface area contributed by atoms with Gasteiger partial charge in [-0.05, 0) is 24.6 Å². The van der Waals surface area contributed by atoms with E-state index in [0.29, 0.717) is 16.7 Å².